The van der Waals surface area contributed by atoms with Crippen LogP contribution in [0.15, 0.2) is 22.7 Å². The number of hydrogen-bond acceptors (Lipinski definition) is 6. The Kier molecular flexibility index (Phi) is 5.70. The predicted molar refractivity (Wildman–Crippen MR) is 75.0 cm³/mol. The molecule has 1 aromatic rings. The monoisotopic (exact) mass is 364 g/mol. The molecule has 6 nitrogen and oxygen atoms in total. The molecular formula is C12H13BrO6S. The summed E-state index contributed by atoms with van der Waals surface area (Å²) in [6.07, 6.45) is 0. The zero-order valence-corrected chi connectivity index (χ0v) is 13.3. The van der Waals surface area contributed by atoms with Crippen molar-refractivity contribution in [1.29, 1.82) is 0 Å². The Balaban J connectivity index is 2.94. The summed E-state index contributed by atoms with van der Waals surface area (Å²) in [5.74, 6) is -2.35. The molecule has 8 heteroatoms. The molecule has 0 saturated carbocycles. The topological polar surface area (TPSA) is 86.7 Å². The van der Waals surface area contributed by atoms with E-state index in [1.165, 1.54) is 25.3 Å². The van der Waals surface area contributed by atoms with Gasteiger partial charge in [-0.05, 0) is 17.7 Å². The Morgan fingerprint density at radius 2 is 1.85 bits per heavy atom. The van der Waals surface area contributed by atoms with Crippen molar-refractivity contribution in [3.05, 3.63) is 33.8 Å². The van der Waals surface area contributed by atoms with Gasteiger partial charge in [0, 0.05) is 4.47 Å². The van der Waals surface area contributed by atoms with Crippen LogP contribution in [0.25, 0.3) is 0 Å². The number of methoxy groups -OCH3 is 2. The summed E-state index contributed by atoms with van der Waals surface area (Å²) in [6.45, 7) is 0. The maximum absolute atomic E-state index is 11.8. The molecule has 0 radical (unpaired) electrons. The molecule has 0 N–H and O–H groups in total. The Labute approximate surface area is 125 Å². The lowest BCUT2D eigenvalue weighted by atomic mass is 10.1. The van der Waals surface area contributed by atoms with E-state index >= 15 is 0 Å². The van der Waals surface area contributed by atoms with E-state index in [0.29, 0.717) is 15.6 Å². The second-order valence-electron chi connectivity index (χ2n) is 3.91. The van der Waals surface area contributed by atoms with Gasteiger partial charge >= 0.3 is 11.9 Å². The fraction of sp³-hybridized carbons (Fsp3) is 0.333. The molecule has 0 saturated heterocycles. The van der Waals surface area contributed by atoms with Crippen molar-refractivity contribution in [2.45, 2.75) is 5.75 Å². The number of rotatable bonds is 5. The lowest BCUT2D eigenvalue weighted by Gasteiger charge is -2.07. The number of sulfone groups is 1. The van der Waals surface area contributed by atoms with Crippen molar-refractivity contribution in [3.63, 3.8) is 0 Å². The third kappa shape index (κ3) is 4.61. The summed E-state index contributed by atoms with van der Waals surface area (Å²) in [4.78, 5) is 22.3. The first-order valence-electron chi connectivity index (χ1n) is 5.43. The van der Waals surface area contributed by atoms with Crippen LogP contribution in [0.2, 0.25) is 0 Å². The summed E-state index contributed by atoms with van der Waals surface area (Å²) in [7, 11) is -1.25. The molecule has 110 valence electrons. The molecule has 0 unspecified atom stereocenters. The normalized spacial score (nSPS) is 10.9. The van der Waals surface area contributed by atoms with Crippen LogP contribution < -0.4 is 0 Å². The quantitative estimate of drug-likeness (QED) is 0.732. The summed E-state index contributed by atoms with van der Waals surface area (Å²) < 4.78 is 32.9. The highest BCUT2D eigenvalue weighted by Crippen LogP contribution is 2.21. The Morgan fingerprint density at radius 1 is 1.20 bits per heavy atom. The fourth-order valence-electron chi connectivity index (χ4n) is 1.44. The zero-order chi connectivity index (χ0) is 15.3. The molecule has 0 spiro atoms. The van der Waals surface area contributed by atoms with E-state index < -0.39 is 27.5 Å². The first kappa shape index (κ1) is 16.6. The molecule has 1 rings (SSSR count). The Morgan fingerprint density at radius 3 is 2.35 bits per heavy atom. The van der Waals surface area contributed by atoms with Crippen molar-refractivity contribution in [1.82, 2.24) is 0 Å². The molecule has 1 aromatic carbocycles. The summed E-state index contributed by atoms with van der Waals surface area (Å²) in [5, 5.41) is 0. The zero-order valence-electron chi connectivity index (χ0n) is 10.9. The molecule has 0 aromatic heterocycles. The molecule has 0 aliphatic carbocycles. The number of carbonyl (C=O) groups is 2. The second-order valence-corrected chi connectivity index (χ2v) is 6.82. The van der Waals surface area contributed by atoms with Gasteiger partial charge in [0.1, 0.15) is 5.75 Å². The van der Waals surface area contributed by atoms with Crippen molar-refractivity contribution in [2.75, 3.05) is 20.0 Å². The van der Waals surface area contributed by atoms with Crippen molar-refractivity contribution < 1.29 is 27.5 Å². The number of hydrogen-bond donors (Lipinski definition) is 0. The van der Waals surface area contributed by atoms with Crippen molar-refractivity contribution in [3.8, 4) is 0 Å². The number of ether oxygens (including phenoxy) is 2. The maximum Gasteiger partial charge on any atom is 0.337 e. The van der Waals surface area contributed by atoms with Crippen LogP contribution in [0.5, 0.6) is 0 Å². The molecule has 0 bridgehead atoms. The minimum Gasteiger partial charge on any atom is -0.468 e. The lowest BCUT2D eigenvalue weighted by Crippen LogP contribution is -2.19. The number of benzene rings is 1. The van der Waals surface area contributed by atoms with Gasteiger partial charge in [-0.25, -0.2) is 13.2 Å². The largest absolute Gasteiger partial charge is 0.468 e. The van der Waals surface area contributed by atoms with Gasteiger partial charge in [0.25, 0.3) is 0 Å². The predicted octanol–water partition coefficient (Wildman–Crippen LogP) is 1.32. The van der Waals surface area contributed by atoms with Crippen LogP contribution in [0, 0.1) is 0 Å². The highest BCUT2D eigenvalue weighted by atomic mass is 79.9. The molecule has 0 fully saturated rings. The lowest BCUT2D eigenvalue weighted by molar-refractivity contribution is -0.137. The van der Waals surface area contributed by atoms with E-state index in [1.807, 2.05) is 0 Å². The van der Waals surface area contributed by atoms with E-state index in [4.69, 9.17) is 0 Å². The van der Waals surface area contributed by atoms with Gasteiger partial charge in [-0.1, -0.05) is 22.0 Å². The van der Waals surface area contributed by atoms with Gasteiger partial charge in [0.15, 0.2) is 9.84 Å². The van der Waals surface area contributed by atoms with Crippen molar-refractivity contribution >= 4 is 37.7 Å². The Hall–Kier alpha value is -1.41. The first-order chi connectivity index (χ1) is 9.29. The standard InChI is InChI=1S/C12H13BrO6S/c1-18-11(14)7-20(16,17)6-9-4-3-8(5-10(9)13)12(15)19-2/h3-5H,6-7H2,1-2H3. The summed E-state index contributed by atoms with van der Waals surface area (Å²) in [5.41, 5.74) is 0.745. The van der Waals surface area contributed by atoms with Crippen LogP contribution in [0.4, 0.5) is 0 Å². The van der Waals surface area contributed by atoms with Crippen LogP contribution in [-0.4, -0.2) is 40.3 Å². The average molecular weight is 365 g/mol. The fourth-order valence-corrected chi connectivity index (χ4v) is 3.44. The van der Waals surface area contributed by atoms with Gasteiger partial charge in [-0.2, -0.15) is 0 Å². The number of carbonyl (C=O) groups excluding carboxylic acids is 2. The molecule has 0 aliphatic heterocycles. The first-order valence-corrected chi connectivity index (χ1v) is 8.04. The number of esters is 2. The van der Waals surface area contributed by atoms with Crippen LogP contribution in [0.1, 0.15) is 15.9 Å². The molecular weight excluding hydrogens is 352 g/mol. The van der Waals surface area contributed by atoms with Crippen molar-refractivity contribution in [2.24, 2.45) is 0 Å². The van der Waals surface area contributed by atoms with E-state index in [0.717, 1.165) is 7.11 Å². The molecule has 0 aliphatic rings. The maximum atomic E-state index is 11.8. The average Bonchev–Trinajstić information content (AvgIpc) is 2.39. The van der Waals surface area contributed by atoms with E-state index in [9.17, 15) is 18.0 Å². The van der Waals surface area contributed by atoms with Crippen LogP contribution in [0.3, 0.4) is 0 Å². The molecule has 0 heterocycles. The van der Waals surface area contributed by atoms with E-state index in [2.05, 4.69) is 25.4 Å². The summed E-state index contributed by atoms with van der Waals surface area (Å²) in [6, 6.07) is 4.42. The second kappa shape index (κ2) is 6.85. The minimum absolute atomic E-state index is 0.300. The number of halogens is 1. The molecule has 0 atom stereocenters. The van der Waals surface area contributed by atoms with Gasteiger partial charge in [-0.3, -0.25) is 4.79 Å². The molecule has 20 heavy (non-hydrogen) atoms. The SMILES string of the molecule is COC(=O)CS(=O)(=O)Cc1ccc(C(=O)OC)cc1Br. The highest BCUT2D eigenvalue weighted by molar-refractivity contribution is 9.10. The van der Waals surface area contributed by atoms with Gasteiger partial charge in [0.05, 0.1) is 25.5 Å². The van der Waals surface area contributed by atoms with Gasteiger partial charge < -0.3 is 9.47 Å². The van der Waals surface area contributed by atoms with Crippen LogP contribution in [-0.2, 0) is 29.9 Å². The minimum atomic E-state index is -3.63. The summed E-state index contributed by atoms with van der Waals surface area (Å²) >= 11 is 3.19. The van der Waals surface area contributed by atoms with Gasteiger partial charge in [0.2, 0.25) is 0 Å². The van der Waals surface area contributed by atoms with Gasteiger partial charge in [-0.15, -0.1) is 0 Å². The third-order valence-corrected chi connectivity index (χ3v) is 4.58. The smallest absolute Gasteiger partial charge is 0.337 e. The highest BCUT2D eigenvalue weighted by Gasteiger charge is 2.19. The van der Waals surface area contributed by atoms with Crippen LogP contribution >= 0.6 is 15.9 Å². The van der Waals surface area contributed by atoms with E-state index in [1.54, 1.807) is 0 Å². The molecule has 0 amide bonds. The third-order valence-electron chi connectivity index (χ3n) is 2.42. The van der Waals surface area contributed by atoms with E-state index in [-0.39, 0.29) is 5.75 Å². The Bertz CT molecular complexity index is 623.